The van der Waals surface area contributed by atoms with Gasteiger partial charge in [0, 0.05) is 30.7 Å². The molecule has 2 aliphatic rings. The van der Waals surface area contributed by atoms with Crippen LogP contribution in [0.2, 0.25) is 0 Å². The third-order valence-corrected chi connectivity index (χ3v) is 3.91. The molecule has 0 aromatic rings. The van der Waals surface area contributed by atoms with E-state index in [9.17, 15) is 0 Å². The molecule has 2 rings (SSSR count). The Morgan fingerprint density at radius 2 is 1.93 bits per heavy atom. The topological polar surface area (TPSA) is 15.7 Å². The molecule has 0 spiro atoms. The molecule has 0 radical (unpaired) electrons. The monoisotopic (exact) mass is 212 g/mol. The first-order valence-electron chi connectivity index (χ1n) is 6.00. The zero-order valence-electron chi connectivity index (χ0n) is 10.7. The Labute approximate surface area is 93.4 Å². The number of morpholine rings is 1. The number of likely N-dealkylation sites (N-methyl/N-ethyl adjacent to an activating group) is 1. The summed E-state index contributed by atoms with van der Waals surface area (Å²) in [6.07, 6.45) is 0.406. The molecule has 3 heteroatoms. The summed E-state index contributed by atoms with van der Waals surface area (Å²) in [5.41, 5.74) is 0.251. The maximum absolute atomic E-state index is 5.93. The average molecular weight is 212 g/mol. The predicted octanol–water partition coefficient (Wildman–Crippen LogP) is 1.19. The SMILES string of the molecule is CC1C2OCCN(C)C2CN1C(C)(C)C. The zero-order valence-corrected chi connectivity index (χ0v) is 10.7. The summed E-state index contributed by atoms with van der Waals surface area (Å²) in [4.78, 5) is 5.03. The van der Waals surface area contributed by atoms with Gasteiger partial charge in [0.1, 0.15) is 0 Å². The third kappa shape index (κ3) is 1.93. The number of rotatable bonds is 0. The van der Waals surface area contributed by atoms with Gasteiger partial charge < -0.3 is 4.74 Å². The van der Waals surface area contributed by atoms with E-state index in [1.165, 1.54) is 0 Å². The highest BCUT2D eigenvalue weighted by Gasteiger charge is 2.46. The fourth-order valence-electron chi connectivity index (χ4n) is 2.99. The van der Waals surface area contributed by atoms with E-state index in [1.807, 2.05) is 0 Å². The standard InChI is InChI=1S/C12H24N2O/c1-9-11-10(13(5)6-7-15-11)8-14(9)12(2,3)4/h9-11H,6-8H2,1-5H3. The van der Waals surface area contributed by atoms with Gasteiger partial charge in [-0.1, -0.05) is 0 Å². The molecule has 2 aliphatic heterocycles. The summed E-state index contributed by atoms with van der Waals surface area (Å²) in [6.45, 7) is 12.3. The van der Waals surface area contributed by atoms with Gasteiger partial charge in [-0.15, -0.1) is 0 Å². The molecule has 3 unspecified atom stereocenters. The highest BCUT2D eigenvalue weighted by atomic mass is 16.5. The van der Waals surface area contributed by atoms with Gasteiger partial charge in [-0.2, -0.15) is 0 Å². The highest BCUT2D eigenvalue weighted by molar-refractivity contribution is 5.02. The number of likely N-dealkylation sites (tertiary alicyclic amines) is 1. The molecule has 0 bridgehead atoms. The van der Waals surface area contributed by atoms with Crippen molar-refractivity contribution in [2.24, 2.45) is 0 Å². The van der Waals surface area contributed by atoms with Crippen molar-refractivity contribution in [3.05, 3.63) is 0 Å². The summed E-state index contributed by atoms with van der Waals surface area (Å²) >= 11 is 0. The molecule has 3 nitrogen and oxygen atoms in total. The Morgan fingerprint density at radius 3 is 2.47 bits per heavy atom. The van der Waals surface area contributed by atoms with E-state index < -0.39 is 0 Å². The van der Waals surface area contributed by atoms with Crippen LogP contribution in [0, 0.1) is 0 Å². The first kappa shape index (κ1) is 11.4. The van der Waals surface area contributed by atoms with Crippen molar-refractivity contribution < 1.29 is 4.74 Å². The van der Waals surface area contributed by atoms with Crippen molar-refractivity contribution in [1.29, 1.82) is 0 Å². The lowest BCUT2D eigenvalue weighted by Gasteiger charge is -2.36. The molecule has 0 amide bonds. The Bertz CT molecular complexity index is 236. The van der Waals surface area contributed by atoms with Crippen molar-refractivity contribution >= 4 is 0 Å². The third-order valence-electron chi connectivity index (χ3n) is 3.91. The summed E-state index contributed by atoms with van der Waals surface area (Å²) in [5.74, 6) is 0. The minimum Gasteiger partial charge on any atom is -0.374 e. The molecule has 0 aromatic carbocycles. The van der Waals surface area contributed by atoms with Gasteiger partial charge in [0.15, 0.2) is 0 Å². The molecule has 2 heterocycles. The van der Waals surface area contributed by atoms with Gasteiger partial charge >= 0.3 is 0 Å². The first-order chi connectivity index (χ1) is 6.91. The van der Waals surface area contributed by atoms with Crippen LogP contribution in [-0.2, 0) is 4.74 Å². The molecule has 88 valence electrons. The van der Waals surface area contributed by atoms with Gasteiger partial charge in [0.2, 0.25) is 0 Å². The molecular formula is C12H24N2O. The highest BCUT2D eigenvalue weighted by Crippen LogP contribution is 2.32. The number of nitrogens with zero attached hydrogens (tertiary/aromatic N) is 2. The molecule has 2 saturated heterocycles. The quantitative estimate of drug-likeness (QED) is 0.600. The summed E-state index contributed by atoms with van der Waals surface area (Å²) < 4.78 is 5.93. The van der Waals surface area contributed by atoms with Gasteiger partial charge in [-0.05, 0) is 34.7 Å². The molecule has 15 heavy (non-hydrogen) atoms. The van der Waals surface area contributed by atoms with Crippen molar-refractivity contribution in [2.75, 3.05) is 26.7 Å². The lowest BCUT2D eigenvalue weighted by Crippen LogP contribution is -2.50. The maximum atomic E-state index is 5.93. The van der Waals surface area contributed by atoms with Crippen molar-refractivity contribution in [3.63, 3.8) is 0 Å². The lowest BCUT2D eigenvalue weighted by molar-refractivity contribution is -0.0533. The molecular weight excluding hydrogens is 188 g/mol. The van der Waals surface area contributed by atoms with Crippen LogP contribution >= 0.6 is 0 Å². The van der Waals surface area contributed by atoms with Crippen molar-refractivity contribution in [1.82, 2.24) is 9.80 Å². The van der Waals surface area contributed by atoms with Gasteiger partial charge in [-0.3, -0.25) is 9.80 Å². The van der Waals surface area contributed by atoms with E-state index in [4.69, 9.17) is 4.74 Å². The maximum Gasteiger partial charge on any atom is 0.0895 e. The van der Waals surface area contributed by atoms with Crippen LogP contribution in [0.15, 0.2) is 0 Å². The average Bonchev–Trinajstić information content (AvgIpc) is 2.45. The first-order valence-corrected chi connectivity index (χ1v) is 6.00. The van der Waals surface area contributed by atoms with E-state index in [2.05, 4.69) is 44.5 Å². The minimum absolute atomic E-state index is 0.251. The lowest BCUT2D eigenvalue weighted by atomic mass is 10.0. The predicted molar refractivity (Wildman–Crippen MR) is 62.1 cm³/mol. The van der Waals surface area contributed by atoms with Crippen LogP contribution in [0.1, 0.15) is 27.7 Å². The van der Waals surface area contributed by atoms with Crippen LogP contribution in [0.25, 0.3) is 0 Å². The molecule has 0 saturated carbocycles. The normalized spacial score (nSPS) is 39.4. The van der Waals surface area contributed by atoms with Crippen LogP contribution in [0.3, 0.4) is 0 Å². The van der Waals surface area contributed by atoms with E-state index in [0.717, 1.165) is 19.7 Å². The van der Waals surface area contributed by atoms with Crippen molar-refractivity contribution in [3.8, 4) is 0 Å². The van der Waals surface area contributed by atoms with Crippen molar-refractivity contribution in [2.45, 2.75) is 51.4 Å². The Hall–Kier alpha value is -0.120. The fourth-order valence-corrected chi connectivity index (χ4v) is 2.99. The van der Waals surface area contributed by atoms with Gasteiger partial charge in [0.05, 0.1) is 12.7 Å². The molecule has 0 aliphatic carbocycles. The molecule has 0 N–H and O–H groups in total. The number of fused-ring (bicyclic) bond motifs is 1. The number of hydrogen-bond donors (Lipinski definition) is 0. The largest absolute Gasteiger partial charge is 0.374 e. The second kappa shape index (κ2) is 3.72. The Kier molecular flexibility index (Phi) is 2.82. The number of hydrogen-bond acceptors (Lipinski definition) is 3. The van der Waals surface area contributed by atoms with Crippen LogP contribution < -0.4 is 0 Å². The minimum atomic E-state index is 0.251. The van der Waals surface area contributed by atoms with E-state index in [1.54, 1.807) is 0 Å². The molecule has 2 fully saturated rings. The van der Waals surface area contributed by atoms with Crippen LogP contribution in [-0.4, -0.2) is 60.3 Å². The summed E-state index contributed by atoms with van der Waals surface area (Å²) in [7, 11) is 2.22. The Morgan fingerprint density at radius 1 is 1.27 bits per heavy atom. The Balaban J connectivity index is 2.15. The second-order valence-electron chi connectivity index (χ2n) is 5.95. The number of ether oxygens (including phenoxy) is 1. The summed E-state index contributed by atoms with van der Waals surface area (Å²) in [6, 6.07) is 1.13. The summed E-state index contributed by atoms with van der Waals surface area (Å²) in [5, 5.41) is 0. The van der Waals surface area contributed by atoms with Gasteiger partial charge in [-0.25, -0.2) is 0 Å². The smallest absolute Gasteiger partial charge is 0.0895 e. The zero-order chi connectivity index (χ0) is 11.2. The van der Waals surface area contributed by atoms with Crippen LogP contribution in [0.4, 0.5) is 0 Å². The van der Waals surface area contributed by atoms with E-state index in [-0.39, 0.29) is 5.54 Å². The van der Waals surface area contributed by atoms with Crippen LogP contribution in [0.5, 0.6) is 0 Å². The fraction of sp³-hybridized carbons (Fsp3) is 1.00. The molecule has 0 aromatic heterocycles. The van der Waals surface area contributed by atoms with Gasteiger partial charge in [0.25, 0.3) is 0 Å². The molecule has 3 atom stereocenters. The second-order valence-corrected chi connectivity index (χ2v) is 5.95. The van der Waals surface area contributed by atoms with E-state index in [0.29, 0.717) is 18.2 Å². The van der Waals surface area contributed by atoms with E-state index >= 15 is 0 Å².